The van der Waals surface area contributed by atoms with Gasteiger partial charge in [0.15, 0.2) is 4.77 Å². The number of nitrogens with zero attached hydrogens (tertiary/aromatic N) is 2. The number of H-pyrrole nitrogens is 1. The number of unbranched alkanes of at least 4 members (excludes halogenated alkanes) is 8. The van der Waals surface area contributed by atoms with Crippen LogP contribution in [0, 0.1) is 4.77 Å². The molecule has 1 N–H and O–H groups in total. The van der Waals surface area contributed by atoms with Gasteiger partial charge in [0.05, 0.1) is 0 Å². The van der Waals surface area contributed by atoms with E-state index in [4.69, 9.17) is 12.2 Å². The molecule has 2 heterocycles. The van der Waals surface area contributed by atoms with Gasteiger partial charge in [-0.05, 0) is 30.3 Å². The molecule has 0 fully saturated rings. The molecule has 0 saturated heterocycles. The SMILES string of the molecule is CCCCCCCCCCCn1cc(Cc2ccn(C)c(=O)c2)c(=O)[nH]c1=S. The molecule has 2 aromatic rings. The number of pyridine rings is 1. The Labute approximate surface area is 172 Å². The first-order chi connectivity index (χ1) is 13.5. The van der Waals surface area contributed by atoms with Crippen molar-refractivity contribution in [3.05, 3.63) is 61.1 Å². The summed E-state index contributed by atoms with van der Waals surface area (Å²) >= 11 is 5.32. The highest BCUT2D eigenvalue weighted by Gasteiger charge is 2.06. The minimum absolute atomic E-state index is 0.0728. The summed E-state index contributed by atoms with van der Waals surface area (Å²) in [7, 11) is 1.71. The molecule has 0 amide bonds. The van der Waals surface area contributed by atoms with Gasteiger partial charge in [-0.3, -0.25) is 14.6 Å². The lowest BCUT2D eigenvalue weighted by Crippen LogP contribution is -2.20. The van der Waals surface area contributed by atoms with E-state index in [0.717, 1.165) is 18.5 Å². The van der Waals surface area contributed by atoms with Crippen molar-refractivity contribution in [2.45, 2.75) is 77.7 Å². The van der Waals surface area contributed by atoms with Gasteiger partial charge in [0, 0.05) is 44.0 Å². The molecular formula is C22H33N3O2S. The Kier molecular flexibility index (Phi) is 9.41. The van der Waals surface area contributed by atoms with E-state index in [1.807, 2.05) is 16.8 Å². The van der Waals surface area contributed by atoms with Crippen molar-refractivity contribution in [1.82, 2.24) is 14.1 Å². The van der Waals surface area contributed by atoms with Crippen LogP contribution in [0.15, 0.2) is 34.1 Å². The molecule has 0 unspecified atom stereocenters. The molecule has 0 radical (unpaired) electrons. The number of aromatic amines is 1. The average Bonchev–Trinajstić information content (AvgIpc) is 2.66. The second-order valence-electron chi connectivity index (χ2n) is 7.60. The molecule has 0 aliphatic carbocycles. The quantitative estimate of drug-likeness (QED) is 0.412. The second-order valence-corrected chi connectivity index (χ2v) is 7.98. The molecule has 2 rings (SSSR count). The molecule has 6 heteroatoms. The number of hydrogen-bond acceptors (Lipinski definition) is 3. The molecule has 0 bridgehead atoms. The smallest absolute Gasteiger partial charge is 0.255 e. The Morgan fingerprint density at radius 3 is 2.29 bits per heavy atom. The maximum absolute atomic E-state index is 12.3. The Hall–Kier alpha value is -1.95. The molecule has 5 nitrogen and oxygen atoms in total. The average molecular weight is 404 g/mol. The molecule has 28 heavy (non-hydrogen) atoms. The van der Waals surface area contributed by atoms with Crippen LogP contribution in [0.2, 0.25) is 0 Å². The maximum Gasteiger partial charge on any atom is 0.255 e. The highest BCUT2D eigenvalue weighted by Crippen LogP contribution is 2.10. The van der Waals surface area contributed by atoms with Gasteiger partial charge in [-0.15, -0.1) is 0 Å². The van der Waals surface area contributed by atoms with Crippen LogP contribution in [-0.2, 0) is 20.0 Å². The number of rotatable bonds is 12. The third-order valence-corrected chi connectivity index (χ3v) is 5.49. The molecule has 0 spiro atoms. The van der Waals surface area contributed by atoms with E-state index in [9.17, 15) is 9.59 Å². The van der Waals surface area contributed by atoms with E-state index >= 15 is 0 Å². The first kappa shape index (κ1) is 22.3. The predicted octanol–water partition coefficient (Wildman–Crippen LogP) is 4.73. The second kappa shape index (κ2) is 11.8. The normalized spacial score (nSPS) is 11.1. The van der Waals surface area contributed by atoms with Crippen molar-refractivity contribution in [2.24, 2.45) is 7.05 Å². The number of nitrogens with one attached hydrogen (secondary N) is 1. The Morgan fingerprint density at radius 1 is 1.00 bits per heavy atom. The fourth-order valence-corrected chi connectivity index (χ4v) is 3.60. The summed E-state index contributed by atoms with van der Waals surface area (Å²) < 4.78 is 3.94. The van der Waals surface area contributed by atoms with Crippen molar-refractivity contribution in [2.75, 3.05) is 0 Å². The van der Waals surface area contributed by atoms with Crippen LogP contribution < -0.4 is 11.1 Å². The van der Waals surface area contributed by atoms with E-state index in [-0.39, 0.29) is 11.1 Å². The van der Waals surface area contributed by atoms with Crippen molar-refractivity contribution in [3.8, 4) is 0 Å². The molecular weight excluding hydrogens is 370 g/mol. The third kappa shape index (κ3) is 7.23. The maximum atomic E-state index is 12.3. The van der Waals surface area contributed by atoms with Gasteiger partial charge in [-0.1, -0.05) is 58.3 Å². The number of aryl methyl sites for hydroxylation is 2. The zero-order valence-electron chi connectivity index (χ0n) is 17.2. The zero-order chi connectivity index (χ0) is 20.4. The summed E-state index contributed by atoms with van der Waals surface area (Å²) in [5, 5.41) is 0. The summed E-state index contributed by atoms with van der Waals surface area (Å²) in [5.41, 5.74) is 1.23. The Bertz CT molecular complexity index is 911. The van der Waals surface area contributed by atoms with Gasteiger partial charge in [-0.2, -0.15) is 0 Å². The topological polar surface area (TPSA) is 59.8 Å². The highest BCUT2D eigenvalue weighted by atomic mass is 32.1. The molecule has 0 aliphatic rings. The summed E-state index contributed by atoms with van der Waals surface area (Å²) in [4.78, 5) is 26.8. The monoisotopic (exact) mass is 403 g/mol. The molecule has 2 aromatic heterocycles. The molecule has 0 aromatic carbocycles. The lowest BCUT2D eigenvalue weighted by atomic mass is 10.1. The number of aromatic nitrogens is 3. The highest BCUT2D eigenvalue weighted by molar-refractivity contribution is 7.71. The van der Waals surface area contributed by atoms with E-state index in [1.54, 1.807) is 19.3 Å². The van der Waals surface area contributed by atoms with E-state index in [2.05, 4.69) is 11.9 Å². The lowest BCUT2D eigenvalue weighted by Gasteiger charge is -2.10. The van der Waals surface area contributed by atoms with Crippen LogP contribution >= 0.6 is 12.2 Å². The van der Waals surface area contributed by atoms with Gasteiger partial charge < -0.3 is 9.13 Å². The zero-order valence-corrected chi connectivity index (χ0v) is 18.0. The van der Waals surface area contributed by atoms with Crippen LogP contribution in [0.25, 0.3) is 0 Å². The minimum Gasteiger partial charge on any atom is -0.325 e. The first-order valence-electron chi connectivity index (χ1n) is 10.5. The first-order valence-corrected chi connectivity index (χ1v) is 10.9. The van der Waals surface area contributed by atoms with Crippen molar-refractivity contribution >= 4 is 12.2 Å². The fourth-order valence-electron chi connectivity index (χ4n) is 3.36. The molecule has 0 saturated carbocycles. The Balaban J connectivity index is 1.87. The summed E-state index contributed by atoms with van der Waals surface area (Å²) in [6.07, 6.45) is 15.5. The van der Waals surface area contributed by atoms with Crippen molar-refractivity contribution in [1.29, 1.82) is 0 Å². The van der Waals surface area contributed by atoms with Gasteiger partial charge in [0.25, 0.3) is 11.1 Å². The standard InChI is InChI=1S/C22H33N3O2S/c1-3-4-5-6-7-8-9-10-11-13-25-17-19(21(27)23-22(25)28)15-18-12-14-24(2)20(26)16-18/h12,14,16-17H,3-11,13,15H2,1-2H3,(H,23,27,28). The van der Waals surface area contributed by atoms with E-state index in [1.165, 1.54) is 55.9 Å². The summed E-state index contributed by atoms with van der Waals surface area (Å²) in [5.74, 6) is 0. The summed E-state index contributed by atoms with van der Waals surface area (Å²) in [6.45, 7) is 3.06. The summed E-state index contributed by atoms with van der Waals surface area (Å²) in [6, 6.07) is 3.44. The Morgan fingerprint density at radius 2 is 1.64 bits per heavy atom. The number of hydrogen-bond donors (Lipinski definition) is 1. The fraction of sp³-hybridized carbons (Fsp3) is 0.591. The molecule has 0 atom stereocenters. The predicted molar refractivity (Wildman–Crippen MR) is 118 cm³/mol. The van der Waals surface area contributed by atoms with E-state index < -0.39 is 0 Å². The van der Waals surface area contributed by atoms with E-state index in [0.29, 0.717) is 16.8 Å². The van der Waals surface area contributed by atoms with Crippen LogP contribution in [-0.4, -0.2) is 14.1 Å². The van der Waals surface area contributed by atoms with Crippen LogP contribution in [0.3, 0.4) is 0 Å². The van der Waals surface area contributed by atoms with Crippen LogP contribution in [0.5, 0.6) is 0 Å². The lowest BCUT2D eigenvalue weighted by molar-refractivity contribution is 0.531. The minimum atomic E-state index is -0.172. The molecule has 0 aliphatic heterocycles. The van der Waals surface area contributed by atoms with Gasteiger partial charge in [0.2, 0.25) is 0 Å². The van der Waals surface area contributed by atoms with Gasteiger partial charge >= 0.3 is 0 Å². The van der Waals surface area contributed by atoms with Crippen molar-refractivity contribution in [3.63, 3.8) is 0 Å². The largest absolute Gasteiger partial charge is 0.325 e. The van der Waals surface area contributed by atoms with Crippen LogP contribution in [0.4, 0.5) is 0 Å². The van der Waals surface area contributed by atoms with Crippen molar-refractivity contribution < 1.29 is 0 Å². The third-order valence-electron chi connectivity index (χ3n) is 5.15. The molecule has 154 valence electrons. The van der Waals surface area contributed by atoms with Crippen LogP contribution in [0.1, 0.15) is 75.8 Å². The van der Waals surface area contributed by atoms with Gasteiger partial charge in [-0.25, -0.2) is 0 Å². The van der Waals surface area contributed by atoms with Gasteiger partial charge in [0.1, 0.15) is 0 Å².